The number of benzene rings is 4. The van der Waals surface area contributed by atoms with Gasteiger partial charge in [0.2, 0.25) is 0 Å². The van der Waals surface area contributed by atoms with Crippen molar-refractivity contribution in [2.45, 2.75) is 18.6 Å². The highest BCUT2D eigenvalue weighted by atomic mass is 16.6. The van der Waals surface area contributed by atoms with Crippen LogP contribution in [0, 0.1) is 0 Å². The lowest BCUT2D eigenvalue weighted by Crippen LogP contribution is -2.19. The number of rotatable bonds is 8. The third-order valence-corrected chi connectivity index (χ3v) is 5.20. The number of carbonyl (C=O) groups excluding carboxylic acids is 2. The van der Waals surface area contributed by atoms with Crippen LogP contribution >= 0.6 is 0 Å². The molecular weight excluding hydrogens is 412 g/mol. The van der Waals surface area contributed by atoms with Crippen molar-refractivity contribution in [3.8, 4) is 0 Å². The van der Waals surface area contributed by atoms with E-state index in [0.717, 1.165) is 22.3 Å². The molecule has 0 amide bonds. The summed E-state index contributed by atoms with van der Waals surface area (Å²) in [4.78, 5) is 25.5. The van der Waals surface area contributed by atoms with Crippen LogP contribution in [0.2, 0.25) is 0 Å². The molecule has 33 heavy (non-hydrogen) atoms. The fraction of sp³-hybridized carbons (Fsp3) is 0.103. The minimum absolute atomic E-state index is 0.480. The minimum atomic E-state index is -0.641. The van der Waals surface area contributed by atoms with Crippen LogP contribution < -0.4 is 0 Å². The van der Waals surface area contributed by atoms with Crippen LogP contribution in [0.25, 0.3) is 0 Å². The van der Waals surface area contributed by atoms with Gasteiger partial charge >= 0.3 is 11.9 Å². The van der Waals surface area contributed by atoms with Gasteiger partial charge in [0.1, 0.15) is 6.42 Å². The van der Waals surface area contributed by atoms with Gasteiger partial charge in [-0.2, -0.15) is 0 Å². The molecule has 0 aromatic heterocycles. The van der Waals surface area contributed by atoms with Gasteiger partial charge < -0.3 is 9.47 Å². The zero-order chi connectivity index (χ0) is 22.9. The average molecular weight is 437 g/mol. The molecule has 0 aliphatic carbocycles. The average Bonchev–Trinajstić information content (AvgIpc) is 2.88. The molecule has 4 heteroatoms. The van der Waals surface area contributed by atoms with Crippen LogP contribution in [0.15, 0.2) is 121 Å². The van der Waals surface area contributed by atoms with Crippen molar-refractivity contribution in [3.63, 3.8) is 0 Å². The highest BCUT2D eigenvalue weighted by molar-refractivity contribution is 5.91. The molecule has 0 unspecified atom stereocenters. The maximum absolute atomic E-state index is 12.7. The van der Waals surface area contributed by atoms with Gasteiger partial charge in [-0.15, -0.1) is 0 Å². The van der Waals surface area contributed by atoms with Crippen molar-refractivity contribution in [2.24, 2.45) is 0 Å². The molecule has 0 bridgehead atoms. The minimum Gasteiger partial charge on any atom is -0.452 e. The summed E-state index contributed by atoms with van der Waals surface area (Å²) in [7, 11) is 0. The Hall–Kier alpha value is -4.18. The van der Waals surface area contributed by atoms with Crippen LogP contribution in [0.1, 0.15) is 40.9 Å². The van der Waals surface area contributed by atoms with E-state index in [-0.39, 0.29) is 0 Å². The summed E-state index contributed by atoms with van der Waals surface area (Å²) in [6, 6.07) is 37.8. The van der Waals surface area contributed by atoms with Gasteiger partial charge in [0, 0.05) is 0 Å². The Bertz CT molecular complexity index is 985. The van der Waals surface area contributed by atoms with E-state index in [0.29, 0.717) is 0 Å². The van der Waals surface area contributed by atoms with E-state index in [1.165, 1.54) is 0 Å². The van der Waals surface area contributed by atoms with E-state index in [1.807, 2.05) is 121 Å². The molecule has 0 heterocycles. The van der Waals surface area contributed by atoms with Crippen molar-refractivity contribution >= 4 is 11.9 Å². The highest BCUT2D eigenvalue weighted by Gasteiger charge is 2.24. The Kier molecular flexibility index (Phi) is 7.29. The molecule has 0 aliphatic rings. The first-order chi connectivity index (χ1) is 16.2. The van der Waals surface area contributed by atoms with Crippen molar-refractivity contribution in [1.29, 1.82) is 0 Å². The third-order valence-electron chi connectivity index (χ3n) is 5.20. The van der Waals surface area contributed by atoms with E-state index < -0.39 is 30.6 Å². The van der Waals surface area contributed by atoms with E-state index >= 15 is 0 Å². The smallest absolute Gasteiger partial charge is 0.318 e. The maximum atomic E-state index is 12.7. The lowest BCUT2D eigenvalue weighted by Gasteiger charge is -2.20. The molecule has 0 saturated carbocycles. The second-order valence-electron chi connectivity index (χ2n) is 7.56. The molecule has 0 atom stereocenters. The summed E-state index contributed by atoms with van der Waals surface area (Å²) in [5.41, 5.74) is 3.32. The number of ether oxygens (including phenoxy) is 2. The molecule has 4 aromatic carbocycles. The zero-order valence-electron chi connectivity index (χ0n) is 18.0. The molecule has 0 N–H and O–H groups in total. The molecule has 4 rings (SSSR count). The van der Waals surface area contributed by atoms with Gasteiger partial charge in [-0.3, -0.25) is 9.59 Å². The largest absolute Gasteiger partial charge is 0.452 e. The van der Waals surface area contributed by atoms with Crippen molar-refractivity contribution in [1.82, 2.24) is 0 Å². The number of hydrogen-bond acceptors (Lipinski definition) is 4. The van der Waals surface area contributed by atoms with Crippen molar-refractivity contribution < 1.29 is 19.1 Å². The molecule has 4 aromatic rings. The first-order valence-corrected chi connectivity index (χ1v) is 10.8. The summed E-state index contributed by atoms with van der Waals surface area (Å²) in [6.07, 6.45) is -1.69. The van der Waals surface area contributed by atoms with Gasteiger partial charge in [-0.05, 0) is 22.3 Å². The molecular formula is C29H24O4. The monoisotopic (exact) mass is 436 g/mol. The first-order valence-electron chi connectivity index (χ1n) is 10.8. The Morgan fingerprint density at radius 1 is 0.455 bits per heavy atom. The molecule has 164 valence electrons. The van der Waals surface area contributed by atoms with Crippen LogP contribution in [-0.2, 0) is 19.1 Å². The van der Waals surface area contributed by atoms with Crippen LogP contribution in [0.4, 0.5) is 0 Å². The quantitative estimate of drug-likeness (QED) is 0.250. The van der Waals surface area contributed by atoms with Crippen LogP contribution in [0.5, 0.6) is 0 Å². The molecule has 0 radical (unpaired) electrons. The lowest BCUT2D eigenvalue weighted by molar-refractivity contribution is -0.158. The van der Waals surface area contributed by atoms with Gasteiger partial charge in [0.15, 0.2) is 12.2 Å². The number of carbonyl (C=O) groups is 2. The lowest BCUT2D eigenvalue weighted by atomic mass is 10.0. The predicted octanol–water partition coefficient (Wildman–Crippen LogP) is 6.04. The van der Waals surface area contributed by atoms with E-state index in [9.17, 15) is 9.59 Å². The highest BCUT2D eigenvalue weighted by Crippen LogP contribution is 2.28. The predicted molar refractivity (Wildman–Crippen MR) is 126 cm³/mol. The second kappa shape index (κ2) is 10.9. The summed E-state index contributed by atoms with van der Waals surface area (Å²) < 4.78 is 11.5. The van der Waals surface area contributed by atoms with E-state index in [1.54, 1.807) is 0 Å². The fourth-order valence-electron chi connectivity index (χ4n) is 3.63. The standard InChI is InChI=1S/C29H24O4/c30-26(32-28(22-13-5-1-6-14-22)23-15-7-2-8-16-23)21-27(31)33-29(24-17-9-3-10-18-24)25-19-11-4-12-20-25/h1-20,28-29H,21H2. The zero-order valence-corrected chi connectivity index (χ0v) is 18.0. The first kappa shape index (κ1) is 22.0. The Labute approximate surface area is 193 Å². The topological polar surface area (TPSA) is 52.6 Å². The molecule has 0 spiro atoms. The Morgan fingerprint density at radius 3 is 0.939 bits per heavy atom. The summed E-state index contributed by atoms with van der Waals surface area (Å²) in [5.74, 6) is -1.28. The summed E-state index contributed by atoms with van der Waals surface area (Å²) in [5, 5.41) is 0. The number of hydrogen-bond donors (Lipinski definition) is 0. The van der Waals surface area contributed by atoms with Crippen molar-refractivity contribution in [3.05, 3.63) is 144 Å². The Balaban J connectivity index is 1.48. The molecule has 4 nitrogen and oxygen atoms in total. The summed E-state index contributed by atoms with van der Waals surface area (Å²) in [6.45, 7) is 0. The number of esters is 2. The van der Waals surface area contributed by atoms with Gasteiger partial charge in [0.25, 0.3) is 0 Å². The second-order valence-corrected chi connectivity index (χ2v) is 7.56. The normalized spacial score (nSPS) is 10.7. The van der Waals surface area contributed by atoms with Crippen LogP contribution in [0.3, 0.4) is 0 Å². The molecule has 0 fully saturated rings. The molecule has 0 aliphatic heterocycles. The van der Waals surface area contributed by atoms with E-state index in [2.05, 4.69) is 0 Å². The Morgan fingerprint density at radius 2 is 0.697 bits per heavy atom. The SMILES string of the molecule is O=C(CC(=O)OC(c1ccccc1)c1ccccc1)OC(c1ccccc1)c1ccccc1. The van der Waals surface area contributed by atoms with Crippen molar-refractivity contribution in [2.75, 3.05) is 0 Å². The molecule has 0 saturated heterocycles. The fourth-order valence-corrected chi connectivity index (χ4v) is 3.63. The summed E-state index contributed by atoms with van der Waals surface area (Å²) >= 11 is 0. The van der Waals surface area contributed by atoms with E-state index in [4.69, 9.17) is 9.47 Å². The van der Waals surface area contributed by atoms with Gasteiger partial charge in [-0.25, -0.2) is 0 Å². The van der Waals surface area contributed by atoms with Crippen LogP contribution in [-0.4, -0.2) is 11.9 Å². The third kappa shape index (κ3) is 5.95. The van der Waals surface area contributed by atoms with Gasteiger partial charge in [0.05, 0.1) is 0 Å². The maximum Gasteiger partial charge on any atom is 0.318 e. The van der Waals surface area contributed by atoms with Gasteiger partial charge in [-0.1, -0.05) is 121 Å².